The van der Waals surface area contributed by atoms with Gasteiger partial charge in [-0.2, -0.15) is 0 Å². The highest BCUT2D eigenvalue weighted by Crippen LogP contribution is 2.28. The number of fused-ring (bicyclic) bond motifs is 1. The van der Waals surface area contributed by atoms with E-state index in [2.05, 4.69) is 20.3 Å². The van der Waals surface area contributed by atoms with E-state index in [-0.39, 0.29) is 27.9 Å². The van der Waals surface area contributed by atoms with Crippen LogP contribution in [0, 0.1) is 0 Å². The minimum absolute atomic E-state index is 0.0978. The van der Waals surface area contributed by atoms with Gasteiger partial charge in [0, 0.05) is 30.0 Å². The number of carbonyl (C=O) groups excluding carboxylic acids is 1. The van der Waals surface area contributed by atoms with Crippen LogP contribution in [-0.2, 0) is 14.6 Å². The Labute approximate surface area is 172 Å². The molecule has 9 nitrogen and oxygen atoms in total. The van der Waals surface area contributed by atoms with Gasteiger partial charge in [-0.05, 0) is 12.1 Å². The summed E-state index contributed by atoms with van der Waals surface area (Å²) in [5, 5.41) is 2.46. The van der Waals surface area contributed by atoms with Crippen LogP contribution in [0.5, 0.6) is 0 Å². The minimum Gasteiger partial charge on any atom is -0.336 e. The lowest BCUT2D eigenvalue weighted by Gasteiger charge is -2.07. The summed E-state index contributed by atoms with van der Waals surface area (Å²) in [4.78, 5) is 24.5. The molecule has 2 aromatic heterocycles. The molecule has 0 aliphatic heterocycles. The molecule has 0 spiro atoms. The number of carbonyl (C=O) groups is 1. The molecule has 3 N–H and O–H groups in total. The van der Waals surface area contributed by atoms with Crippen LogP contribution < -0.4 is 11.2 Å². The van der Waals surface area contributed by atoms with E-state index in [9.17, 15) is 13.2 Å². The van der Waals surface area contributed by atoms with E-state index in [1.807, 2.05) is 30.3 Å². The molecule has 4 aromatic rings. The van der Waals surface area contributed by atoms with Crippen LogP contribution in [0.15, 0.2) is 59.6 Å². The predicted octanol–water partition coefficient (Wildman–Crippen LogP) is 2.24. The monoisotopic (exact) mass is 422 g/mol. The second-order valence-corrected chi connectivity index (χ2v) is 8.66. The average Bonchev–Trinajstić information content (AvgIpc) is 3.03. The number of anilines is 1. The second-order valence-electron chi connectivity index (χ2n) is 6.73. The molecule has 0 bridgehead atoms. The van der Waals surface area contributed by atoms with E-state index in [1.54, 1.807) is 24.3 Å². The molecule has 2 aromatic carbocycles. The van der Waals surface area contributed by atoms with Crippen LogP contribution in [0.1, 0.15) is 6.92 Å². The summed E-state index contributed by atoms with van der Waals surface area (Å²) in [7, 11) is -3.73. The number of nitrogens with one attached hydrogen (secondary N) is 1. The molecule has 0 aliphatic rings. The van der Waals surface area contributed by atoms with Gasteiger partial charge < -0.3 is 11.2 Å². The van der Waals surface area contributed by atoms with Crippen LogP contribution in [-0.4, -0.2) is 40.2 Å². The van der Waals surface area contributed by atoms with E-state index in [0.717, 1.165) is 6.26 Å². The Morgan fingerprint density at radius 1 is 1.00 bits per heavy atom. The molecular formula is C20H18N6O3S. The Morgan fingerprint density at radius 2 is 1.70 bits per heavy atom. The van der Waals surface area contributed by atoms with E-state index in [4.69, 9.17) is 5.84 Å². The number of aromatic nitrogens is 4. The van der Waals surface area contributed by atoms with Gasteiger partial charge in [-0.25, -0.2) is 28.0 Å². The van der Waals surface area contributed by atoms with Crippen LogP contribution in [0.3, 0.4) is 0 Å². The normalized spacial score (nSPS) is 11.5. The van der Waals surface area contributed by atoms with E-state index in [0.29, 0.717) is 22.6 Å². The number of hydrogen-bond donors (Lipinski definition) is 2. The van der Waals surface area contributed by atoms with Crippen molar-refractivity contribution in [3.05, 3.63) is 54.6 Å². The molecule has 0 saturated carbocycles. The number of rotatable bonds is 4. The van der Waals surface area contributed by atoms with Gasteiger partial charge in [0.2, 0.25) is 5.91 Å². The molecule has 30 heavy (non-hydrogen) atoms. The third-order valence-electron chi connectivity index (χ3n) is 4.33. The Bertz CT molecular complexity index is 1380. The van der Waals surface area contributed by atoms with E-state index in [1.165, 1.54) is 11.6 Å². The second kappa shape index (κ2) is 7.23. The summed E-state index contributed by atoms with van der Waals surface area (Å²) in [5.41, 5.74) is 2.06. The molecule has 10 heteroatoms. The maximum atomic E-state index is 12.5. The quantitative estimate of drug-likeness (QED) is 0.380. The number of nitrogens with zero attached hydrogens (tertiary/aromatic N) is 4. The van der Waals surface area contributed by atoms with Crippen LogP contribution >= 0.6 is 0 Å². The molecule has 152 valence electrons. The van der Waals surface area contributed by atoms with Gasteiger partial charge in [0.15, 0.2) is 32.2 Å². The SMILES string of the molecule is CC(=O)Nc1cccc(-c2nc(S(C)(=O)=O)c3nc(-c4ccccc4)n(N)c3n2)c1. The number of amides is 1. The van der Waals surface area contributed by atoms with Crippen LogP contribution in [0.2, 0.25) is 0 Å². The lowest BCUT2D eigenvalue weighted by molar-refractivity contribution is -0.114. The van der Waals surface area contributed by atoms with Gasteiger partial charge in [-0.15, -0.1) is 0 Å². The van der Waals surface area contributed by atoms with Gasteiger partial charge in [-0.1, -0.05) is 42.5 Å². The molecule has 4 rings (SSSR count). The lowest BCUT2D eigenvalue weighted by Crippen LogP contribution is -2.12. The lowest BCUT2D eigenvalue weighted by atomic mass is 10.2. The molecule has 0 radical (unpaired) electrons. The largest absolute Gasteiger partial charge is 0.336 e. The number of hydrogen-bond acceptors (Lipinski definition) is 7. The molecule has 0 saturated heterocycles. The van der Waals surface area contributed by atoms with Gasteiger partial charge in [0.1, 0.15) is 5.52 Å². The molecule has 2 heterocycles. The summed E-state index contributed by atoms with van der Waals surface area (Å²) in [6.07, 6.45) is 1.06. The highest BCUT2D eigenvalue weighted by molar-refractivity contribution is 7.90. The average molecular weight is 422 g/mol. The van der Waals surface area contributed by atoms with E-state index < -0.39 is 9.84 Å². The van der Waals surface area contributed by atoms with Gasteiger partial charge in [0.25, 0.3) is 0 Å². The van der Waals surface area contributed by atoms with Crippen molar-refractivity contribution in [1.29, 1.82) is 0 Å². The summed E-state index contributed by atoms with van der Waals surface area (Å²) in [5.74, 6) is 6.53. The zero-order chi connectivity index (χ0) is 21.5. The first-order chi connectivity index (χ1) is 14.2. The first-order valence-electron chi connectivity index (χ1n) is 8.93. The standard InChI is InChI=1S/C20H18N6O3S/c1-12(27)22-15-10-6-9-14(11-15)17-24-19-16(20(25-17)30(2,28)29)23-18(26(19)21)13-7-4-3-5-8-13/h3-11H,21H2,1-2H3,(H,22,27). The summed E-state index contributed by atoms with van der Waals surface area (Å²) >= 11 is 0. The van der Waals surface area contributed by atoms with Crippen molar-refractivity contribution in [2.24, 2.45) is 0 Å². The molecule has 0 atom stereocenters. The zero-order valence-corrected chi connectivity index (χ0v) is 17.0. The Morgan fingerprint density at radius 3 is 2.37 bits per heavy atom. The summed E-state index contributed by atoms with van der Waals surface area (Å²) < 4.78 is 26.2. The highest BCUT2D eigenvalue weighted by atomic mass is 32.2. The number of nitrogens with two attached hydrogens (primary N) is 1. The van der Waals surface area contributed by atoms with Gasteiger partial charge in [0.05, 0.1) is 0 Å². The zero-order valence-electron chi connectivity index (χ0n) is 16.2. The third-order valence-corrected chi connectivity index (χ3v) is 5.32. The van der Waals surface area contributed by atoms with E-state index >= 15 is 0 Å². The third kappa shape index (κ3) is 3.60. The van der Waals surface area contributed by atoms with Crippen molar-refractivity contribution in [3.63, 3.8) is 0 Å². The van der Waals surface area contributed by atoms with Crippen molar-refractivity contribution in [3.8, 4) is 22.8 Å². The summed E-state index contributed by atoms with van der Waals surface area (Å²) in [6.45, 7) is 1.40. The Hall–Kier alpha value is -3.79. The van der Waals surface area contributed by atoms with Crippen LogP contribution in [0.25, 0.3) is 33.9 Å². The van der Waals surface area contributed by atoms with Gasteiger partial charge >= 0.3 is 0 Å². The van der Waals surface area contributed by atoms with Crippen molar-refractivity contribution in [1.82, 2.24) is 19.6 Å². The highest BCUT2D eigenvalue weighted by Gasteiger charge is 2.23. The molecule has 0 unspecified atom stereocenters. The van der Waals surface area contributed by atoms with Crippen LogP contribution in [0.4, 0.5) is 5.69 Å². The maximum absolute atomic E-state index is 12.5. The fraction of sp³-hybridized carbons (Fsp3) is 0.100. The maximum Gasteiger partial charge on any atom is 0.221 e. The molecule has 1 amide bonds. The Kier molecular flexibility index (Phi) is 4.70. The fourth-order valence-corrected chi connectivity index (χ4v) is 3.81. The van der Waals surface area contributed by atoms with Crippen molar-refractivity contribution < 1.29 is 13.2 Å². The predicted molar refractivity (Wildman–Crippen MR) is 114 cm³/mol. The Balaban J connectivity index is 1.97. The smallest absolute Gasteiger partial charge is 0.221 e. The fourth-order valence-electron chi connectivity index (χ4n) is 3.07. The van der Waals surface area contributed by atoms with Crippen molar-refractivity contribution >= 4 is 32.6 Å². The van der Waals surface area contributed by atoms with Gasteiger partial charge in [-0.3, -0.25) is 4.79 Å². The van der Waals surface area contributed by atoms with Crippen molar-refractivity contribution in [2.45, 2.75) is 11.9 Å². The minimum atomic E-state index is -3.73. The first-order valence-corrected chi connectivity index (χ1v) is 10.8. The molecule has 0 fully saturated rings. The first kappa shape index (κ1) is 19.5. The summed E-state index contributed by atoms with van der Waals surface area (Å²) in [6, 6.07) is 15.9. The number of sulfone groups is 1. The number of imidazole rings is 1. The molecule has 0 aliphatic carbocycles. The van der Waals surface area contributed by atoms with Crippen molar-refractivity contribution in [2.75, 3.05) is 17.4 Å². The number of nitrogen functional groups attached to an aromatic ring is 1. The molecular weight excluding hydrogens is 404 g/mol. The number of benzene rings is 2. The topological polar surface area (TPSA) is 133 Å².